The van der Waals surface area contributed by atoms with E-state index in [1.165, 1.54) is 0 Å². The standard InChI is InChI=1S/C15H23ClN2O3/c1-15(10-19,11-20)9-18(2)7-6-14(21)17-13-5-3-4-12(16)8-13/h3-5,8,19-20H,6-7,9-11H2,1-2H3,(H,17,21). The molecule has 0 aliphatic rings. The third-order valence-electron chi connectivity index (χ3n) is 3.24. The van der Waals surface area contributed by atoms with Crippen LogP contribution >= 0.6 is 11.6 Å². The summed E-state index contributed by atoms with van der Waals surface area (Å²) in [7, 11) is 1.86. The highest BCUT2D eigenvalue weighted by atomic mass is 35.5. The quantitative estimate of drug-likeness (QED) is 0.681. The molecule has 1 aromatic rings. The Morgan fingerprint density at radius 2 is 2.05 bits per heavy atom. The van der Waals surface area contributed by atoms with E-state index in [0.717, 1.165) is 0 Å². The molecule has 0 spiro atoms. The lowest BCUT2D eigenvalue weighted by Gasteiger charge is -2.30. The van der Waals surface area contributed by atoms with Gasteiger partial charge in [0.25, 0.3) is 0 Å². The third-order valence-corrected chi connectivity index (χ3v) is 3.48. The van der Waals surface area contributed by atoms with Crippen LogP contribution in [-0.2, 0) is 4.79 Å². The first kappa shape index (κ1) is 17.9. The topological polar surface area (TPSA) is 72.8 Å². The van der Waals surface area contributed by atoms with E-state index in [2.05, 4.69) is 5.32 Å². The zero-order valence-electron chi connectivity index (χ0n) is 12.5. The molecule has 0 heterocycles. The van der Waals surface area contributed by atoms with E-state index in [0.29, 0.717) is 30.2 Å². The maximum Gasteiger partial charge on any atom is 0.225 e. The molecule has 0 aliphatic heterocycles. The van der Waals surface area contributed by atoms with Crippen LogP contribution in [0.1, 0.15) is 13.3 Å². The number of aliphatic hydroxyl groups is 2. The Kier molecular flexibility index (Phi) is 7.11. The molecule has 1 amide bonds. The molecule has 0 aliphatic carbocycles. The Labute approximate surface area is 130 Å². The summed E-state index contributed by atoms with van der Waals surface area (Å²) in [5, 5.41) is 21.9. The Bertz CT molecular complexity index is 464. The predicted octanol–water partition coefficient (Wildman–Crippen LogP) is 1.59. The fourth-order valence-electron chi connectivity index (χ4n) is 1.96. The van der Waals surface area contributed by atoms with Gasteiger partial charge < -0.3 is 20.4 Å². The number of amides is 1. The van der Waals surface area contributed by atoms with Crippen molar-refractivity contribution in [1.82, 2.24) is 4.90 Å². The number of nitrogens with one attached hydrogen (secondary N) is 1. The van der Waals surface area contributed by atoms with Crippen molar-refractivity contribution >= 4 is 23.2 Å². The molecule has 5 nitrogen and oxygen atoms in total. The van der Waals surface area contributed by atoms with Crippen molar-refractivity contribution in [1.29, 1.82) is 0 Å². The number of hydrogen-bond acceptors (Lipinski definition) is 4. The summed E-state index contributed by atoms with van der Waals surface area (Å²) in [6.07, 6.45) is 0.329. The van der Waals surface area contributed by atoms with Crippen LogP contribution in [0.3, 0.4) is 0 Å². The summed E-state index contributed by atoms with van der Waals surface area (Å²) >= 11 is 5.85. The smallest absolute Gasteiger partial charge is 0.225 e. The third kappa shape index (κ3) is 6.44. The Morgan fingerprint density at radius 1 is 1.38 bits per heavy atom. The Balaban J connectivity index is 2.39. The van der Waals surface area contributed by atoms with Crippen LogP contribution in [0.25, 0.3) is 0 Å². The van der Waals surface area contributed by atoms with Gasteiger partial charge in [-0.1, -0.05) is 24.6 Å². The second kappa shape index (κ2) is 8.34. The maximum atomic E-state index is 11.9. The van der Waals surface area contributed by atoms with Gasteiger partial charge >= 0.3 is 0 Å². The molecule has 1 rings (SSSR count). The summed E-state index contributed by atoms with van der Waals surface area (Å²) in [6, 6.07) is 6.99. The highest BCUT2D eigenvalue weighted by molar-refractivity contribution is 6.30. The lowest BCUT2D eigenvalue weighted by atomic mass is 9.92. The minimum atomic E-state index is -0.557. The van der Waals surface area contributed by atoms with Crippen molar-refractivity contribution in [2.45, 2.75) is 13.3 Å². The SMILES string of the molecule is CN(CCC(=O)Nc1cccc(Cl)c1)CC(C)(CO)CO. The van der Waals surface area contributed by atoms with Crippen molar-refractivity contribution in [2.24, 2.45) is 5.41 Å². The average molecular weight is 315 g/mol. The molecule has 0 atom stereocenters. The molecule has 0 saturated heterocycles. The second-order valence-electron chi connectivity index (χ2n) is 5.67. The summed E-state index contributed by atoms with van der Waals surface area (Å²) in [5.41, 5.74) is 0.115. The molecule has 0 aromatic heterocycles. The Morgan fingerprint density at radius 3 is 2.62 bits per heavy atom. The molecule has 21 heavy (non-hydrogen) atoms. The van der Waals surface area contributed by atoms with Gasteiger partial charge in [0.05, 0.1) is 13.2 Å². The van der Waals surface area contributed by atoms with Gasteiger partial charge in [-0.15, -0.1) is 0 Å². The summed E-state index contributed by atoms with van der Waals surface area (Å²) in [4.78, 5) is 13.8. The van der Waals surface area contributed by atoms with Gasteiger partial charge in [0.15, 0.2) is 0 Å². The predicted molar refractivity (Wildman–Crippen MR) is 84.5 cm³/mol. The fraction of sp³-hybridized carbons (Fsp3) is 0.533. The molecule has 0 bridgehead atoms. The van der Waals surface area contributed by atoms with Gasteiger partial charge in [-0.05, 0) is 25.2 Å². The number of anilines is 1. The molecule has 6 heteroatoms. The van der Waals surface area contributed by atoms with E-state index in [9.17, 15) is 15.0 Å². The highest BCUT2D eigenvalue weighted by Gasteiger charge is 2.24. The number of benzene rings is 1. The molecule has 0 unspecified atom stereocenters. The summed E-state index contributed by atoms with van der Waals surface area (Å²) < 4.78 is 0. The van der Waals surface area contributed by atoms with Crippen LogP contribution < -0.4 is 5.32 Å². The average Bonchev–Trinajstić information content (AvgIpc) is 2.45. The molecule has 118 valence electrons. The maximum absolute atomic E-state index is 11.9. The zero-order chi connectivity index (χ0) is 15.9. The van der Waals surface area contributed by atoms with Crippen molar-refractivity contribution in [3.05, 3.63) is 29.3 Å². The van der Waals surface area contributed by atoms with Gasteiger partial charge in [-0.3, -0.25) is 4.79 Å². The van der Waals surface area contributed by atoms with Crippen molar-refractivity contribution in [2.75, 3.05) is 38.7 Å². The van der Waals surface area contributed by atoms with Crippen molar-refractivity contribution in [3.8, 4) is 0 Å². The van der Waals surface area contributed by atoms with Crippen molar-refractivity contribution in [3.63, 3.8) is 0 Å². The zero-order valence-corrected chi connectivity index (χ0v) is 13.2. The number of nitrogens with zero attached hydrogens (tertiary/aromatic N) is 1. The van der Waals surface area contributed by atoms with Crippen LogP contribution in [-0.4, -0.2) is 54.4 Å². The van der Waals surface area contributed by atoms with Crippen LogP contribution in [0.2, 0.25) is 5.02 Å². The van der Waals surface area contributed by atoms with E-state index in [4.69, 9.17) is 11.6 Å². The molecular weight excluding hydrogens is 292 g/mol. The molecule has 0 radical (unpaired) electrons. The lowest BCUT2D eigenvalue weighted by Crippen LogP contribution is -2.40. The number of hydrogen-bond donors (Lipinski definition) is 3. The van der Waals surface area contributed by atoms with Gasteiger partial charge in [-0.25, -0.2) is 0 Å². The largest absolute Gasteiger partial charge is 0.396 e. The van der Waals surface area contributed by atoms with Crippen LogP contribution in [0.5, 0.6) is 0 Å². The second-order valence-corrected chi connectivity index (χ2v) is 6.11. The van der Waals surface area contributed by atoms with Crippen LogP contribution in [0.4, 0.5) is 5.69 Å². The number of carbonyl (C=O) groups excluding carboxylic acids is 1. The minimum absolute atomic E-state index is 0.0947. The first-order chi connectivity index (χ1) is 9.88. The van der Waals surface area contributed by atoms with Gasteiger partial charge in [-0.2, -0.15) is 0 Å². The molecule has 1 aromatic carbocycles. The molecule has 0 saturated carbocycles. The number of carbonyl (C=O) groups is 1. The number of aliphatic hydroxyl groups excluding tert-OH is 2. The van der Waals surface area contributed by atoms with Gasteiger partial charge in [0.1, 0.15) is 0 Å². The fourth-order valence-corrected chi connectivity index (χ4v) is 2.15. The van der Waals surface area contributed by atoms with E-state index in [1.54, 1.807) is 31.2 Å². The normalized spacial score (nSPS) is 11.7. The van der Waals surface area contributed by atoms with E-state index >= 15 is 0 Å². The summed E-state index contributed by atoms with van der Waals surface area (Å²) in [5.74, 6) is -0.0983. The minimum Gasteiger partial charge on any atom is -0.396 e. The molecular formula is C15H23ClN2O3. The van der Waals surface area contributed by atoms with Crippen LogP contribution in [0.15, 0.2) is 24.3 Å². The monoisotopic (exact) mass is 314 g/mol. The van der Waals surface area contributed by atoms with Crippen molar-refractivity contribution < 1.29 is 15.0 Å². The van der Waals surface area contributed by atoms with E-state index in [-0.39, 0.29) is 19.1 Å². The van der Waals surface area contributed by atoms with E-state index in [1.807, 2.05) is 11.9 Å². The van der Waals surface area contributed by atoms with E-state index < -0.39 is 5.41 Å². The van der Waals surface area contributed by atoms with Gasteiger partial charge in [0.2, 0.25) is 5.91 Å². The first-order valence-electron chi connectivity index (χ1n) is 6.84. The molecule has 3 N–H and O–H groups in total. The number of rotatable bonds is 8. The number of halogens is 1. The van der Waals surface area contributed by atoms with Crippen LogP contribution in [0, 0.1) is 5.41 Å². The summed E-state index contributed by atoms with van der Waals surface area (Å²) in [6.45, 7) is 2.67. The first-order valence-corrected chi connectivity index (χ1v) is 7.22. The Hall–Kier alpha value is -1.14. The lowest BCUT2D eigenvalue weighted by molar-refractivity contribution is -0.116. The highest BCUT2D eigenvalue weighted by Crippen LogP contribution is 2.16. The molecule has 0 fully saturated rings. The van der Waals surface area contributed by atoms with Gasteiger partial charge in [0, 0.05) is 35.6 Å².